The quantitative estimate of drug-likeness (QED) is 0.438. The summed E-state index contributed by atoms with van der Waals surface area (Å²) in [6, 6.07) is 1.80. The maximum atomic E-state index is 14.2. The van der Waals surface area contributed by atoms with Gasteiger partial charge in [0.1, 0.15) is 11.3 Å². The average molecular weight is 382 g/mol. The Labute approximate surface area is 141 Å². The molecule has 0 saturated heterocycles. The molecule has 10 heteroatoms. The zero-order valence-electron chi connectivity index (χ0n) is 13.1. The molecule has 0 unspecified atom stereocenters. The monoisotopic (exact) mass is 382 g/mol. The van der Waals surface area contributed by atoms with Gasteiger partial charge in [-0.05, 0) is 17.7 Å². The Morgan fingerprint density at radius 2 is 1.46 bits per heavy atom. The normalized spacial score (nSPS) is 11.4. The molecule has 0 heterocycles. The predicted molar refractivity (Wildman–Crippen MR) is 74.6 cm³/mol. The number of methoxy groups -OCH3 is 2. The van der Waals surface area contributed by atoms with Gasteiger partial charge < -0.3 is 9.47 Å². The van der Waals surface area contributed by atoms with Crippen molar-refractivity contribution in [3.63, 3.8) is 0 Å². The summed E-state index contributed by atoms with van der Waals surface area (Å²) in [5.41, 5.74) is -5.24. The van der Waals surface area contributed by atoms with Crippen molar-refractivity contribution in [2.45, 2.75) is 6.18 Å². The Morgan fingerprint density at radius 1 is 0.923 bits per heavy atom. The SMILES string of the molecule is COC(=O)c1c(F)c(F)c(-c2ccc(OC)c(C(F)(F)F)c2)c(F)c1F. The first-order valence-corrected chi connectivity index (χ1v) is 6.74. The molecule has 0 saturated carbocycles. The van der Waals surface area contributed by atoms with E-state index in [-0.39, 0.29) is 6.07 Å². The number of rotatable bonds is 3. The molecule has 3 nitrogen and oxygen atoms in total. The van der Waals surface area contributed by atoms with Crippen molar-refractivity contribution >= 4 is 5.97 Å². The molecule has 0 aromatic heterocycles. The largest absolute Gasteiger partial charge is 0.496 e. The zero-order chi connectivity index (χ0) is 19.8. The van der Waals surface area contributed by atoms with Crippen LogP contribution in [0.4, 0.5) is 30.7 Å². The van der Waals surface area contributed by atoms with Gasteiger partial charge in [-0.15, -0.1) is 0 Å². The third kappa shape index (κ3) is 3.18. The van der Waals surface area contributed by atoms with Gasteiger partial charge >= 0.3 is 12.1 Å². The number of alkyl halides is 3. The van der Waals surface area contributed by atoms with E-state index in [2.05, 4.69) is 9.47 Å². The van der Waals surface area contributed by atoms with Gasteiger partial charge in [0.2, 0.25) is 0 Å². The van der Waals surface area contributed by atoms with Crippen molar-refractivity contribution in [3.05, 3.63) is 52.6 Å². The van der Waals surface area contributed by atoms with Crippen LogP contribution in [0.2, 0.25) is 0 Å². The number of esters is 1. The Balaban J connectivity index is 2.80. The first-order chi connectivity index (χ1) is 12.0. The van der Waals surface area contributed by atoms with E-state index in [1.54, 1.807) is 0 Å². The smallest absolute Gasteiger partial charge is 0.419 e. The molecule has 0 fully saturated rings. The van der Waals surface area contributed by atoms with E-state index in [0.717, 1.165) is 26.4 Å². The van der Waals surface area contributed by atoms with Crippen LogP contribution in [0, 0.1) is 23.3 Å². The van der Waals surface area contributed by atoms with Crippen molar-refractivity contribution in [2.75, 3.05) is 14.2 Å². The summed E-state index contributed by atoms with van der Waals surface area (Å²) in [7, 11) is 1.67. The second-order valence-electron chi connectivity index (χ2n) is 4.91. The highest BCUT2D eigenvalue weighted by molar-refractivity contribution is 5.91. The summed E-state index contributed by atoms with van der Waals surface area (Å²) in [6.45, 7) is 0. The molecular weight excluding hydrogens is 373 g/mol. The molecule has 2 rings (SSSR count). The maximum absolute atomic E-state index is 14.2. The Hall–Kier alpha value is -2.78. The van der Waals surface area contributed by atoms with Crippen molar-refractivity contribution in [2.24, 2.45) is 0 Å². The van der Waals surface area contributed by atoms with Gasteiger partial charge in [0.15, 0.2) is 23.3 Å². The average Bonchev–Trinajstić information content (AvgIpc) is 2.59. The van der Waals surface area contributed by atoms with Crippen LogP contribution in [0.25, 0.3) is 11.1 Å². The molecule has 0 aliphatic carbocycles. The Bertz CT molecular complexity index is 846. The summed E-state index contributed by atoms with van der Waals surface area (Å²) in [5, 5.41) is 0. The number of carbonyl (C=O) groups is 1. The topological polar surface area (TPSA) is 35.5 Å². The predicted octanol–water partition coefficient (Wildman–Crippen LogP) is 4.72. The van der Waals surface area contributed by atoms with E-state index in [9.17, 15) is 35.5 Å². The van der Waals surface area contributed by atoms with Crippen molar-refractivity contribution in [3.8, 4) is 16.9 Å². The molecule has 2 aromatic carbocycles. The van der Waals surface area contributed by atoms with Crippen molar-refractivity contribution < 1.29 is 45.0 Å². The third-order valence-corrected chi connectivity index (χ3v) is 3.45. The second kappa shape index (κ2) is 6.85. The molecule has 0 N–H and O–H groups in total. The first kappa shape index (κ1) is 19.5. The van der Waals surface area contributed by atoms with E-state index < -0.39 is 63.4 Å². The number of hydrogen-bond donors (Lipinski definition) is 0. The number of halogens is 7. The van der Waals surface area contributed by atoms with Gasteiger partial charge in [-0.2, -0.15) is 13.2 Å². The van der Waals surface area contributed by atoms with Crippen LogP contribution in [0.5, 0.6) is 5.75 Å². The minimum atomic E-state index is -4.96. The first-order valence-electron chi connectivity index (χ1n) is 6.74. The number of benzene rings is 2. The Morgan fingerprint density at radius 3 is 1.88 bits per heavy atom. The highest BCUT2D eigenvalue weighted by atomic mass is 19.4. The molecule has 0 radical (unpaired) electrons. The lowest BCUT2D eigenvalue weighted by Crippen LogP contribution is -2.13. The highest BCUT2D eigenvalue weighted by Crippen LogP contribution is 2.40. The van der Waals surface area contributed by atoms with Crippen LogP contribution in [-0.2, 0) is 10.9 Å². The van der Waals surface area contributed by atoms with Crippen LogP contribution in [0.15, 0.2) is 18.2 Å². The highest BCUT2D eigenvalue weighted by Gasteiger charge is 2.36. The number of ether oxygens (including phenoxy) is 2. The van der Waals surface area contributed by atoms with E-state index in [1.165, 1.54) is 0 Å². The van der Waals surface area contributed by atoms with Gasteiger partial charge in [0.05, 0.1) is 25.3 Å². The number of hydrogen-bond acceptors (Lipinski definition) is 3. The second-order valence-corrected chi connectivity index (χ2v) is 4.91. The van der Waals surface area contributed by atoms with Gasteiger partial charge in [-0.25, -0.2) is 22.4 Å². The summed E-state index contributed by atoms with van der Waals surface area (Å²) in [4.78, 5) is 11.3. The molecule has 0 bridgehead atoms. The van der Waals surface area contributed by atoms with Crippen LogP contribution in [-0.4, -0.2) is 20.2 Å². The molecule has 0 aliphatic rings. The van der Waals surface area contributed by atoms with Crippen LogP contribution < -0.4 is 4.74 Å². The molecule has 2 aromatic rings. The minimum Gasteiger partial charge on any atom is -0.496 e. The third-order valence-electron chi connectivity index (χ3n) is 3.45. The minimum absolute atomic E-state index is 0.275. The summed E-state index contributed by atoms with van der Waals surface area (Å²) >= 11 is 0. The number of carbonyl (C=O) groups excluding carboxylic acids is 1. The zero-order valence-corrected chi connectivity index (χ0v) is 13.1. The van der Waals surface area contributed by atoms with Gasteiger partial charge in [-0.3, -0.25) is 0 Å². The lowest BCUT2D eigenvalue weighted by molar-refractivity contribution is -0.138. The fourth-order valence-electron chi connectivity index (χ4n) is 2.25. The molecule has 0 amide bonds. The lowest BCUT2D eigenvalue weighted by atomic mass is 9.98. The summed E-state index contributed by atoms with van der Waals surface area (Å²) in [6.07, 6.45) is -4.96. The van der Waals surface area contributed by atoms with Gasteiger partial charge in [0, 0.05) is 0 Å². The van der Waals surface area contributed by atoms with E-state index in [4.69, 9.17) is 0 Å². The van der Waals surface area contributed by atoms with Crippen LogP contribution in [0.1, 0.15) is 15.9 Å². The Kier molecular flexibility index (Phi) is 5.15. The van der Waals surface area contributed by atoms with E-state index >= 15 is 0 Å². The van der Waals surface area contributed by atoms with Crippen LogP contribution >= 0.6 is 0 Å². The standard InChI is InChI=1S/C16H9F7O3/c1-25-8-4-3-6(5-7(8)16(21,22)23)9-11(17)13(19)10(15(24)26-2)14(20)12(9)18/h3-5H,1-2H3. The lowest BCUT2D eigenvalue weighted by Gasteiger charge is -2.15. The van der Waals surface area contributed by atoms with Gasteiger partial charge in [0.25, 0.3) is 0 Å². The molecule has 140 valence electrons. The fraction of sp³-hybridized carbons (Fsp3) is 0.188. The maximum Gasteiger partial charge on any atom is 0.419 e. The van der Waals surface area contributed by atoms with Gasteiger partial charge in [-0.1, -0.05) is 6.07 Å². The van der Waals surface area contributed by atoms with Crippen molar-refractivity contribution in [1.29, 1.82) is 0 Å². The summed E-state index contributed by atoms with van der Waals surface area (Å²) in [5.74, 6) is -10.6. The van der Waals surface area contributed by atoms with E-state index in [0.29, 0.717) is 0 Å². The van der Waals surface area contributed by atoms with Crippen molar-refractivity contribution in [1.82, 2.24) is 0 Å². The summed E-state index contributed by atoms with van der Waals surface area (Å²) < 4.78 is 104. The molecule has 26 heavy (non-hydrogen) atoms. The fourth-order valence-corrected chi connectivity index (χ4v) is 2.25. The molecule has 0 atom stereocenters. The molecule has 0 spiro atoms. The molecule has 0 aliphatic heterocycles. The van der Waals surface area contributed by atoms with E-state index in [1.807, 2.05) is 0 Å². The van der Waals surface area contributed by atoms with Crippen LogP contribution in [0.3, 0.4) is 0 Å². The molecular formula is C16H9F7O3.